The second kappa shape index (κ2) is 8.16. The summed E-state index contributed by atoms with van der Waals surface area (Å²) in [7, 11) is 3.73. The minimum absolute atomic E-state index is 0.508. The summed E-state index contributed by atoms with van der Waals surface area (Å²) in [6.07, 6.45) is 5.16. The number of thiocarbonyl (C=S) groups is 1. The first kappa shape index (κ1) is 17.5. The highest BCUT2D eigenvalue weighted by atomic mass is 79.9. The van der Waals surface area contributed by atoms with E-state index >= 15 is 0 Å². The summed E-state index contributed by atoms with van der Waals surface area (Å²) in [5, 5.41) is 4.37. The van der Waals surface area contributed by atoms with Crippen molar-refractivity contribution in [2.24, 2.45) is 5.92 Å². The lowest BCUT2D eigenvalue weighted by Gasteiger charge is -2.33. The Morgan fingerprint density at radius 1 is 1.41 bits per heavy atom. The molecule has 1 aliphatic carbocycles. The molecule has 0 aliphatic heterocycles. The smallest absolute Gasteiger partial charge is 0.169 e. The molecule has 2 rings (SSSR count). The standard InChI is InChI=1S/C17H25BrN2OS/c1-12-6-4-5-7-15(12)19-17(22)20(2)11-13-10-14(18)8-9-16(13)21-3/h8-10,12,15H,4-7,11H2,1-3H3,(H,19,22)/t12-,15+/m1/s1. The molecule has 0 spiro atoms. The predicted molar refractivity (Wildman–Crippen MR) is 99.3 cm³/mol. The van der Waals surface area contributed by atoms with Gasteiger partial charge in [0.05, 0.1) is 7.11 Å². The molecule has 0 amide bonds. The van der Waals surface area contributed by atoms with E-state index in [4.69, 9.17) is 17.0 Å². The van der Waals surface area contributed by atoms with Gasteiger partial charge >= 0.3 is 0 Å². The van der Waals surface area contributed by atoms with Gasteiger partial charge in [-0.15, -0.1) is 0 Å². The monoisotopic (exact) mass is 384 g/mol. The molecule has 0 saturated heterocycles. The van der Waals surface area contributed by atoms with Gasteiger partial charge in [-0.3, -0.25) is 0 Å². The number of halogens is 1. The van der Waals surface area contributed by atoms with Crippen LogP contribution in [-0.4, -0.2) is 30.2 Å². The van der Waals surface area contributed by atoms with Crippen LogP contribution in [0.25, 0.3) is 0 Å². The molecule has 122 valence electrons. The highest BCUT2D eigenvalue weighted by Crippen LogP contribution is 2.25. The summed E-state index contributed by atoms with van der Waals surface area (Å²) in [5.74, 6) is 1.59. The Kier molecular flexibility index (Phi) is 6.50. The maximum Gasteiger partial charge on any atom is 0.169 e. The van der Waals surface area contributed by atoms with Crippen LogP contribution in [0.4, 0.5) is 0 Å². The van der Waals surface area contributed by atoms with Crippen molar-refractivity contribution in [3.63, 3.8) is 0 Å². The van der Waals surface area contributed by atoms with Crippen LogP contribution in [0, 0.1) is 5.92 Å². The molecule has 22 heavy (non-hydrogen) atoms. The molecule has 0 bridgehead atoms. The Morgan fingerprint density at radius 3 is 2.82 bits per heavy atom. The van der Waals surface area contributed by atoms with Crippen molar-refractivity contribution in [1.82, 2.24) is 10.2 Å². The van der Waals surface area contributed by atoms with Gasteiger partial charge in [0.15, 0.2) is 5.11 Å². The molecule has 1 aromatic carbocycles. The first-order valence-corrected chi connectivity index (χ1v) is 9.05. The normalized spacial score (nSPS) is 21.3. The number of rotatable bonds is 4. The number of nitrogens with one attached hydrogen (secondary N) is 1. The molecule has 2 atom stereocenters. The van der Waals surface area contributed by atoms with Crippen LogP contribution in [0.15, 0.2) is 22.7 Å². The zero-order valence-corrected chi connectivity index (χ0v) is 16.0. The lowest BCUT2D eigenvalue weighted by Crippen LogP contribution is -2.46. The number of methoxy groups -OCH3 is 1. The van der Waals surface area contributed by atoms with E-state index in [9.17, 15) is 0 Å². The largest absolute Gasteiger partial charge is 0.496 e. The lowest BCUT2D eigenvalue weighted by molar-refractivity contribution is 0.300. The number of benzene rings is 1. The van der Waals surface area contributed by atoms with Crippen LogP contribution < -0.4 is 10.1 Å². The summed E-state index contributed by atoms with van der Waals surface area (Å²) in [4.78, 5) is 2.08. The first-order valence-electron chi connectivity index (χ1n) is 7.85. The molecule has 0 radical (unpaired) electrons. The van der Waals surface area contributed by atoms with Crippen molar-refractivity contribution >= 4 is 33.3 Å². The molecular weight excluding hydrogens is 360 g/mol. The van der Waals surface area contributed by atoms with Gasteiger partial charge in [0, 0.05) is 29.7 Å². The second-order valence-electron chi connectivity index (χ2n) is 6.13. The van der Waals surface area contributed by atoms with Gasteiger partial charge in [-0.2, -0.15) is 0 Å². The zero-order chi connectivity index (χ0) is 16.1. The molecule has 1 aliphatic rings. The van der Waals surface area contributed by atoms with E-state index < -0.39 is 0 Å². The van der Waals surface area contributed by atoms with E-state index in [0.29, 0.717) is 12.0 Å². The summed E-state index contributed by atoms with van der Waals surface area (Å²) in [6, 6.07) is 6.56. The van der Waals surface area contributed by atoms with E-state index in [1.807, 2.05) is 19.2 Å². The molecule has 5 heteroatoms. The fourth-order valence-electron chi connectivity index (χ4n) is 3.00. The van der Waals surface area contributed by atoms with E-state index in [1.54, 1.807) is 7.11 Å². The molecule has 1 N–H and O–H groups in total. The minimum atomic E-state index is 0.508. The molecule has 1 aromatic rings. The van der Waals surface area contributed by atoms with Crippen molar-refractivity contribution < 1.29 is 4.74 Å². The van der Waals surface area contributed by atoms with Crippen LogP contribution in [0.3, 0.4) is 0 Å². The van der Waals surface area contributed by atoms with Gasteiger partial charge in [0.1, 0.15) is 5.75 Å². The van der Waals surface area contributed by atoms with Gasteiger partial charge in [-0.25, -0.2) is 0 Å². The Hall–Kier alpha value is -0.810. The maximum absolute atomic E-state index is 5.58. The van der Waals surface area contributed by atoms with Crippen LogP contribution in [-0.2, 0) is 6.54 Å². The fraction of sp³-hybridized carbons (Fsp3) is 0.588. The van der Waals surface area contributed by atoms with Gasteiger partial charge in [0.2, 0.25) is 0 Å². The lowest BCUT2D eigenvalue weighted by atomic mass is 9.86. The van der Waals surface area contributed by atoms with E-state index in [2.05, 4.69) is 39.1 Å². The van der Waals surface area contributed by atoms with Gasteiger partial charge in [0.25, 0.3) is 0 Å². The Labute approximate surface area is 147 Å². The quantitative estimate of drug-likeness (QED) is 0.780. The number of ether oxygens (including phenoxy) is 1. The fourth-order valence-corrected chi connectivity index (χ4v) is 3.62. The van der Waals surface area contributed by atoms with E-state index in [1.165, 1.54) is 25.7 Å². The van der Waals surface area contributed by atoms with Crippen molar-refractivity contribution in [3.8, 4) is 5.75 Å². The minimum Gasteiger partial charge on any atom is -0.496 e. The molecule has 3 nitrogen and oxygen atoms in total. The molecule has 0 aromatic heterocycles. The summed E-state index contributed by atoms with van der Waals surface area (Å²) in [6.45, 7) is 3.05. The van der Waals surface area contributed by atoms with Crippen molar-refractivity contribution in [2.45, 2.75) is 45.2 Å². The van der Waals surface area contributed by atoms with Crippen LogP contribution >= 0.6 is 28.1 Å². The Balaban J connectivity index is 1.97. The molecule has 0 heterocycles. The van der Waals surface area contributed by atoms with E-state index in [-0.39, 0.29) is 0 Å². The van der Waals surface area contributed by atoms with Crippen LogP contribution in [0.2, 0.25) is 0 Å². The molecular formula is C17H25BrN2OS. The Morgan fingerprint density at radius 2 is 2.14 bits per heavy atom. The third kappa shape index (κ3) is 4.59. The third-order valence-electron chi connectivity index (χ3n) is 4.42. The van der Waals surface area contributed by atoms with E-state index in [0.717, 1.165) is 27.4 Å². The predicted octanol–water partition coefficient (Wildman–Crippen LogP) is 4.34. The highest BCUT2D eigenvalue weighted by molar-refractivity contribution is 9.10. The van der Waals surface area contributed by atoms with Gasteiger partial charge in [-0.05, 0) is 49.2 Å². The summed E-state index contributed by atoms with van der Waals surface area (Å²) < 4.78 is 6.49. The second-order valence-corrected chi connectivity index (χ2v) is 7.43. The summed E-state index contributed by atoms with van der Waals surface area (Å²) >= 11 is 9.10. The van der Waals surface area contributed by atoms with Crippen molar-refractivity contribution in [3.05, 3.63) is 28.2 Å². The topological polar surface area (TPSA) is 24.5 Å². The third-order valence-corrected chi connectivity index (χ3v) is 5.34. The zero-order valence-electron chi connectivity index (χ0n) is 13.6. The Bertz CT molecular complexity index is 523. The number of hydrogen-bond donors (Lipinski definition) is 1. The SMILES string of the molecule is COc1ccc(Br)cc1CN(C)C(=S)N[C@H]1CCCC[C@H]1C. The van der Waals surface area contributed by atoms with Crippen molar-refractivity contribution in [1.29, 1.82) is 0 Å². The van der Waals surface area contributed by atoms with Crippen molar-refractivity contribution in [2.75, 3.05) is 14.2 Å². The maximum atomic E-state index is 5.58. The number of hydrogen-bond acceptors (Lipinski definition) is 2. The molecule has 1 fully saturated rings. The average Bonchev–Trinajstić information content (AvgIpc) is 2.49. The molecule has 1 saturated carbocycles. The van der Waals surface area contributed by atoms with Crippen LogP contribution in [0.1, 0.15) is 38.2 Å². The van der Waals surface area contributed by atoms with Crippen LogP contribution in [0.5, 0.6) is 5.75 Å². The highest BCUT2D eigenvalue weighted by Gasteiger charge is 2.22. The number of nitrogens with zero attached hydrogens (tertiary/aromatic N) is 1. The average molecular weight is 385 g/mol. The summed E-state index contributed by atoms with van der Waals surface area (Å²) in [5.41, 5.74) is 1.13. The first-order chi connectivity index (χ1) is 10.5. The molecule has 0 unspecified atom stereocenters. The van der Waals surface area contributed by atoms with Gasteiger partial charge in [-0.1, -0.05) is 35.7 Å². The van der Waals surface area contributed by atoms with Gasteiger partial charge < -0.3 is 15.0 Å².